The molecule has 0 radical (unpaired) electrons. The lowest BCUT2D eigenvalue weighted by Crippen LogP contribution is -2.10. The van der Waals surface area contributed by atoms with Crippen LogP contribution < -0.4 is 10.6 Å². The lowest BCUT2D eigenvalue weighted by molar-refractivity contribution is -0.253. The van der Waals surface area contributed by atoms with Gasteiger partial charge in [0.1, 0.15) is 11.6 Å². The lowest BCUT2D eigenvalue weighted by Gasteiger charge is -1.96. The fourth-order valence-electron chi connectivity index (χ4n) is 1.93. The first-order valence-electron chi connectivity index (χ1n) is 5.67. The van der Waals surface area contributed by atoms with E-state index in [1.54, 1.807) is 6.08 Å². The van der Waals surface area contributed by atoms with Gasteiger partial charge in [0.15, 0.2) is 0 Å². The molecule has 0 atom stereocenters. The molecule has 1 aliphatic rings. The number of nitrogens with zero attached hydrogens (tertiary/aromatic N) is 1. The van der Waals surface area contributed by atoms with Crippen LogP contribution in [0.3, 0.4) is 0 Å². The first-order valence-corrected chi connectivity index (χ1v) is 5.67. The van der Waals surface area contributed by atoms with Gasteiger partial charge in [-0.15, -0.1) is 0 Å². The van der Waals surface area contributed by atoms with E-state index in [1.165, 1.54) is 6.26 Å². The molecule has 88 valence electrons. The van der Waals surface area contributed by atoms with Crippen molar-refractivity contribution < 1.29 is 9.88 Å². The molecule has 0 N–H and O–H groups in total. The molecule has 0 spiro atoms. The van der Waals surface area contributed by atoms with Gasteiger partial charge in [-0.2, -0.15) is 4.99 Å². The molecule has 3 nitrogen and oxygen atoms in total. The summed E-state index contributed by atoms with van der Waals surface area (Å²) in [5.74, 6) is 0. The molecule has 0 bridgehead atoms. The van der Waals surface area contributed by atoms with E-state index in [9.17, 15) is 0 Å². The third-order valence-corrected chi connectivity index (χ3v) is 2.74. The summed E-state index contributed by atoms with van der Waals surface area (Å²) in [6.45, 7) is 0. The zero-order valence-corrected chi connectivity index (χ0v) is 9.61. The smallest absolute Gasteiger partial charge is 0.145 e. The SMILES string of the molecule is C1=COO/N=c2\cccc\c2=c2/ccccc2=C1. The van der Waals surface area contributed by atoms with Crippen LogP contribution in [0.4, 0.5) is 0 Å². The van der Waals surface area contributed by atoms with Crippen LogP contribution >= 0.6 is 0 Å². The third kappa shape index (κ3) is 1.98. The Hall–Kier alpha value is -2.55. The normalized spacial score (nSPS) is 16.8. The molecule has 0 aromatic heterocycles. The maximum atomic E-state index is 4.80. The number of allylic oxidation sites excluding steroid dienone is 1. The van der Waals surface area contributed by atoms with Gasteiger partial charge in [-0.05, 0) is 27.7 Å². The zero-order chi connectivity index (χ0) is 12.2. The topological polar surface area (TPSA) is 30.8 Å². The van der Waals surface area contributed by atoms with Crippen molar-refractivity contribution in [3.05, 3.63) is 81.9 Å². The van der Waals surface area contributed by atoms with Crippen molar-refractivity contribution in [2.45, 2.75) is 0 Å². The van der Waals surface area contributed by atoms with Gasteiger partial charge in [0.05, 0.1) is 0 Å². The van der Waals surface area contributed by atoms with Gasteiger partial charge in [-0.25, -0.2) is 0 Å². The highest BCUT2D eigenvalue weighted by Crippen LogP contribution is 1.92. The van der Waals surface area contributed by atoms with E-state index in [2.05, 4.69) is 17.3 Å². The van der Waals surface area contributed by atoms with Gasteiger partial charge in [-0.3, -0.25) is 4.89 Å². The van der Waals surface area contributed by atoms with Crippen molar-refractivity contribution in [2.75, 3.05) is 0 Å². The summed E-state index contributed by atoms with van der Waals surface area (Å²) >= 11 is 0. The van der Waals surface area contributed by atoms with Gasteiger partial charge in [0.25, 0.3) is 0 Å². The summed E-state index contributed by atoms with van der Waals surface area (Å²) in [4.78, 5) is 9.57. The highest BCUT2D eigenvalue weighted by atomic mass is 17.3. The Morgan fingerprint density at radius 1 is 0.833 bits per heavy atom. The first kappa shape index (κ1) is 10.6. The quantitative estimate of drug-likeness (QED) is 0.654. The minimum atomic E-state index is 0.744. The van der Waals surface area contributed by atoms with Crippen LogP contribution in [0.1, 0.15) is 0 Å². The van der Waals surface area contributed by atoms with Crippen LogP contribution in [0.2, 0.25) is 0 Å². The van der Waals surface area contributed by atoms with Crippen LogP contribution in [0.5, 0.6) is 0 Å². The predicted molar refractivity (Wildman–Crippen MR) is 67.1 cm³/mol. The van der Waals surface area contributed by atoms with E-state index >= 15 is 0 Å². The highest BCUT2D eigenvalue weighted by Gasteiger charge is 1.92. The molecule has 2 aromatic carbocycles. The Morgan fingerprint density at radius 3 is 2.56 bits per heavy atom. The standard InChI is InChI=1S/C15H11NO2/c1-2-8-13-12(6-1)7-5-11-17-18-16-15-10-4-3-9-14(13)15/h1-11H/b11-5?,12-7?,14-13-,16-15+. The molecule has 1 aliphatic heterocycles. The Morgan fingerprint density at radius 2 is 1.61 bits per heavy atom. The Bertz CT molecular complexity index is 794. The lowest BCUT2D eigenvalue weighted by atomic mass is 10.1. The molecule has 0 unspecified atom stereocenters. The molecular formula is C15H11NO2. The largest absolute Gasteiger partial charge is 0.275 e. The summed E-state index contributed by atoms with van der Waals surface area (Å²) < 4.78 is 0. The maximum Gasteiger partial charge on any atom is 0.145 e. The van der Waals surface area contributed by atoms with Crippen molar-refractivity contribution in [3.8, 4) is 0 Å². The minimum Gasteiger partial charge on any atom is -0.275 e. The summed E-state index contributed by atoms with van der Waals surface area (Å²) in [5, 5.41) is 7.95. The number of rotatable bonds is 0. The van der Waals surface area contributed by atoms with Crippen LogP contribution in [0.15, 0.2) is 66.0 Å². The molecule has 1 heterocycles. The Labute approximate surface area is 104 Å². The second kappa shape index (κ2) is 4.75. The van der Waals surface area contributed by atoms with Crippen LogP contribution in [0, 0.1) is 10.4 Å². The fraction of sp³-hybridized carbons (Fsp3) is 0. The number of hydrogen-bond acceptors (Lipinski definition) is 3. The molecule has 3 rings (SSSR count). The van der Waals surface area contributed by atoms with Crippen molar-refractivity contribution in [3.63, 3.8) is 0 Å². The molecule has 18 heavy (non-hydrogen) atoms. The van der Waals surface area contributed by atoms with Gasteiger partial charge >= 0.3 is 0 Å². The average Bonchev–Trinajstić information content (AvgIpc) is 2.44. The molecule has 0 fully saturated rings. The summed E-state index contributed by atoms with van der Waals surface area (Å²) in [7, 11) is 0. The van der Waals surface area contributed by atoms with Gasteiger partial charge in [0, 0.05) is 5.22 Å². The van der Waals surface area contributed by atoms with Crippen molar-refractivity contribution in [1.82, 2.24) is 0 Å². The number of fused-ring (bicyclic) bond motifs is 2. The van der Waals surface area contributed by atoms with E-state index in [4.69, 9.17) is 9.88 Å². The van der Waals surface area contributed by atoms with Crippen LogP contribution in [-0.4, -0.2) is 0 Å². The van der Waals surface area contributed by atoms with E-state index < -0.39 is 0 Å². The number of benzene rings is 2. The van der Waals surface area contributed by atoms with Crippen molar-refractivity contribution >= 4 is 6.08 Å². The Balaban J connectivity index is 2.60. The van der Waals surface area contributed by atoms with Crippen LogP contribution in [-0.2, 0) is 9.88 Å². The first-order chi connectivity index (χ1) is 8.95. The molecule has 3 heteroatoms. The number of hydrogen-bond donors (Lipinski definition) is 0. The second-order valence-electron chi connectivity index (χ2n) is 3.86. The van der Waals surface area contributed by atoms with E-state index in [-0.39, 0.29) is 0 Å². The molecular weight excluding hydrogens is 226 g/mol. The van der Waals surface area contributed by atoms with Crippen LogP contribution in [0.25, 0.3) is 6.08 Å². The van der Waals surface area contributed by atoms with Gasteiger partial charge in [0.2, 0.25) is 0 Å². The van der Waals surface area contributed by atoms with Crippen molar-refractivity contribution in [1.29, 1.82) is 0 Å². The molecule has 2 aromatic rings. The minimum absolute atomic E-state index is 0.744. The summed E-state index contributed by atoms with van der Waals surface area (Å²) in [6, 6.07) is 15.9. The predicted octanol–water partition coefficient (Wildman–Crippen LogP) is 1.76. The fourth-order valence-corrected chi connectivity index (χ4v) is 1.93. The molecule has 0 saturated heterocycles. The van der Waals surface area contributed by atoms with Gasteiger partial charge < -0.3 is 0 Å². The van der Waals surface area contributed by atoms with Gasteiger partial charge in [-0.1, -0.05) is 48.5 Å². The average molecular weight is 237 g/mol. The Kier molecular flexibility index (Phi) is 2.80. The molecule has 0 saturated carbocycles. The monoisotopic (exact) mass is 237 g/mol. The van der Waals surface area contributed by atoms with E-state index in [0.717, 1.165) is 21.0 Å². The van der Waals surface area contributed by atoms with Crippen molar-refractivity contribution in [2.24, 2.45) is 5.16 Å². The van der Waals surface area contributed by atoms with E-state index in [1.807, 2.05) is 42.5 Å². The van der Waals surface area contributed by atoms with E-state index in [0.29, 0.717) is 0 Å². The zero-order valence-electron chi connectivity index (χ0n) is 9.61. The third-order valence-electron chi connectivity index (χ3n) is 2.74. The maximum absolute atomic E-state index is 4.80. The summed E-state index contributed by atoms with van der Waals surface area (Å²) in [5.41, 5.74) is 0. The summed E-state index contributed by atoms with van der Waals surface area (Å²) in [6.07, 6.45) is 5.21. The highest BCUT2D eigenvalue weighted by molar-refractivity contribution is 5.37. The second-order valence-corrected chi connectivity index (χ2v) is 3.86. The molecule has 0 amide bonds. The molecule has 0 aliphatic carbocycles.